The molecule has 2 rings (SSSR count). The summed E-state index contributed by atoms with van der Waals surface area (Å²) in [5.41, 5.74) is 0.439. The van der Waals surface area contributed by atoms with Gasteiger partial charge < -0.3 is 10.6 Å². The van der Waals surface area contributed by atoms with E-state index in [1.165, 1.54) is 0 Å². The minimum Gasteiger partial charge on any atom is -0.324 e. The lowest BCUT2D eigenvalue weighted by atomic mass is 9.83. The number of nitrogens with one attached hydrogen (secondary N) is 2. The Morgan fingerprint density at radius 3 is 3.00 bits per heavy atom. The first-order valence-electron chi connectivity index (χ1n) is 6.04. The van der Waals surface area contributed by atoms with Gasteiger partial charge in [0.15, 0.2) is 0 Å². The van der Waals surface area contributed by atoms with Crippen molar-refractivity contribution in [3.8, 4) is 0 Å². The van der Waals surface area contributed by atoms with Crippen molar-refractivity contribution in [2.75, 3.05) is 18.4 Å². The topological polar surface area (TPSA) is 41.1 Å². The summed E-state index contributed by atoms with van der Waals surface area (Å²) >= 11 is 9.36. The molecule has 1 unspecified atom stereocenters. The van der Waals surface area contributed by atoms with Crippen LogP contribution in [-0.4, -0.2) is 19.0 Å². The van der Waals surface area contributed by atoms with E-state index in [0.29, 0.717) is 5.02 Å². The summed E-state index contributed by atoms with van der Waals surface area (Å²) in [6.45, 7) is 3.70. The summed E-state index contributed by atoms with van der Waals surface area (Å²) in [4.78, 5) is 12.4. The summed E-state index contributed by atoms with van der Waals surface area (Å²) in [6.07, 6.45) is 1.72. The van der Waals surface area contributed by atoms with E-state index >= 15 is 0 Å². The molecule has 1 atom stereocenters. The number of carbonyl (C=O) groups is 1. The lowest BCUT2D eigenvalue weighted by molar-refractivity contribution is -0.124. The van der Waals surface area contributed by atoms with Gasteiger partial charge in [0.25, 0.3) is 0 Å². The van der Waals surface area contributed by atoms with Gasteiger partial charge in [-0.15, -0.1) is 0 Å². The van der Waals surface area contributed by atoms with Crippen molar-refractivity contribution in [2.24, 2.45) is 5.41 Å². The summed E-state index contributed by atoms with van der Waals surface area (Å²) in [7, 11) is 0. The number of amides is 1. The average molecular weight is 332 g/mol. The molecule has 5 heteroatoms. The summed E-state index contributed by atoms with van der Waals surface area (Å²) in [5, 5.41) is 6.85. The zero-order valence-electron chi connectivity index (χ0n) is 10.2. The number of carbonyl (C=O) groups excluding carboxylic acids is 1. The number of hydrogen-bond donors (Lipinski definition) is 2. The Hall–Kier alpha value is -0.580. The molecule has 0 radical (unpaired) electrons. The van der Waals surface area contributed by atoms with Gasteiger partial charge in [-0.05, 0) is 53.5 Å². The number of halogens is 2. The zero-order valence-corrected chi connectivity index (χ0v) is 12.6. The standard InChI is InChI=1S/C13H16BrClN2O/c1-2-13(5-6-16-8-13)12(18)17-11-7-9(15)3-4-10(11)14/h3-4,7,16H,2,5-6,8H2,1H3,(H,17,18). The molecule has 1 amide bonds. The van der Waals surface area contributed by atoms with Gasteiger partial charge in [0, 0.05) is 16.0 Å². The molecule has 1 saturated heterocycles. The van der Waals surface area contributed by atoms with Crippen LogP contribution in [0.4, 0.5) is 5.69 Å². The van der Waals surface area contributed by atoms with Crippen LogP contribution in [0.3, 0.4) is 0 Å². The summed E-state index contributed by atoms with van der Waals surface area (Å²) < 4.78 is 0.845. The Morgan fingerprint density at radius 2 is 2.39 bits per heavy atom. The molecular formula is C13H16BrClN2O. The van der Waals surface area contributed by atoms with Crippen LogP contribution in [0, 0.1) is 5.41 Å². The maximum Gasteiger partial charge on any atom is 0.231 e. The molecule has 1 aliphatic heterocycles. The third-order valence-corrected chi connectivity index (χ3v) is 4.51. The fourth-order valence-electron chi connectivity index (χ4n) is 2.25. The number of hydrogen-bond acceptors (Lipinski definition) is 2. The van der Waals surface area contributed by atoms with Crippen molar-refractivity contribution in [3.05, 3.63) is 27.7 Å². The highest BCUT2D eigenvalue weighted by Crippen LogP contribution is 2.33. The number of benzene rings is 1. The van der Waals surface area contributed by atoms with Gasteiger partial charge in [-0.2, -0.15) is 0 Å². The molecule has 1 heterocycles. The van der Waals surface area contributed by atoms with Gasteiger partial charge >= 0.3 is 0 Å². The first-order valence-corrected chi connectivity index (χ1v) is 7.22. The van der Waals surface area contributed by atoms with Crippen molar-refractivity contribution < 1.29 is 4.79 Å². The van der Waals surface area contributed by atoms with E-state index in [-0.39, 0.29) is 11.3 Å². The van der Waals surface area contributed by atoms with E-state index in [4.69, 9.17) is 11.6 Å². The van der Waals surface area contributed by atoms with Crippen LogP contribution in [0.15, 0.2) is 22.7 Å². The normalized spacial score (nSPS) is 23.1. The van der Waals surface area contributed by atoms with Gasteiger partial charge in [-0.3, -0.25) is 4.79 Å². The highest BCUT2D eigenvalue weighted by molar-refractivity contribution is 9.10. The second kappa shape index (κ2) is 5.59. The molecule has 0 aromatic heterocycles. The molecule has 0 saturated carbocycles. The van der Waals surface area contributed by atoms with Crippen LogP contribution >= 0.6 is 27.5 Å². The lowest BCUT2D eigenvalue weighted by Gasteiger charge is -2.25. The monoisotopic (exact) mass is 330 g/mol. The lowest BCUT2D eigenvalue weighted by Crippen LogP contribution is -2.37. The Bertz CT molecular complexity index is 458. The minimum atomic E-state index is -0.290. The average Bonchev–Trinajstić information content (AvgIpc) is 2.84. The van der Waals surface area contributed by atoms with Crippen LogP contribution in [-0.2, 0) is 4.79 Å². The first kappa shape index (κ1) is 13.8. The van der Waals surface area contributed by atoms with Crippen molar-refractivity contribution in [2.45, 2.75) is 19.8 Å². The van der Waals surface area contributed by atoms with Crippen molar-refractivity contribution >= 4 is 39.1 Å². The summed E-state index contributed by atoms with van der Waals surface area (Å²) in [5.74, 6) is 0.0676. The Labute approximate surface area is 120 Å². The minimum absolute atomic E-state index is 0.0676. The maximum absolute atomic E-state index is 12.4. The zero-order chi connectivity index (χ0) is 13.2. The Kier molecular flexibility index (Phi) is 4.30. The van der Waals surface area contributed by atoms with E-state index < -0.39 is 0 Å². The van der Waals surface area contributed by atoms with Gasteiger partial charge in [-0.25, -0.2) is 0 Å². The van der Waals surface area contributed by atoms with Crippen LogP contribution in [0.25, 0.3) is 0 Å². The highest BCUT2D eigenvalue weighted by atomic mass is 79.9. The largest absolute Gasteiger partial charge is 0.324 e. The highest BCUT2D eigenvalue weighted by Gasteiger charge is 2.39. The van der Waals surface area contributed by atoms with Gasteiger partial charge in [0.05, 0.1) is 11.1 Å². The van der Waals surface area contributed by atoms with E-state index in [1.54, 1.807) is 12.1 Å². The molecule has 98 valence electrons. The molecule has 3 nitrogen and oxygen atoms in total. The molecule has 0 aliphatic carbocycles. The molecule has 2 N–H and O–H groups in total. The molecule has 1 aromatic carbocycles. The van der Waals surface area contributed by atoms with Gasteiger partial charge in [-0.1, -0.05) is 18.5 Å². The van der Waals surface area contributed by atoms with Crippen LogP contribution in [0.1, 0.15) is 19.8 Å². The van der Waals surface area contributed by atoms with Crippen LogP contribution < -0.4 is 10.6 Å². The SMILES string of the molecule is CCC1(C(=O)Nc2cc(Cl)ccc2Br)CCNC1. The molecule has 1 aliphatic rings. The third kappa shape index (κ3) is 2.71. The number of rotatable bonds is 3. The van der Waals surface area contributed by atoms with Crippen molar-refractivity contribution in [1.82, 2.24) is 5.32 Å². The molecule has 0 spiro atoms. The van der Waals surface area contributed by atoms with E-state index in [2.05, 4.69) is 33.5 Å². The second-order valence-electron chi connectivity index (χ2n) is 4.64. The molecule has 0 bridgehead atoms. The predicted molar refractivity (Wildman–Crippen MR) is 78.0 cm³/mol. The maximum atomic E-state index is 12.4. The third-order valence-electron chi connectivity index (χ3n) is 3.58. The quantitative estimate of drug-likeness (QED) is 0.891. The van der Waals surface area contributed by atoms with E-state index in [9.17, 15) is 4.79 Å². The molecule has 1 fully saturated rings. The summed E-state index contributed by atoms with van der Waals surface area (Å²) in [6, 6.07) is 5.38. The molecular weight excluding hydrogens is 316 g/mol. The fourth-order valence-corrected chi connectivity index (χ4v) is 2.77. The predicted octanol–water partition coefficient (Wildman–Crippen LogP) is 3.43. The van der Waals surface area contributed by atoms with Crippen molar-refractivity contribution in [3.63, 3.8) is 0 Å². The van der Waals surface area contributed by atoms with Crippen molar-refractivity contribution in [1.29, 1.82) is 0 Å². The van der Waals surface area contributed by atoms with E-state index in [0.717, 1.165) is 36.1 Å². The smallest absolute Gasteiger partial charge is 0.231 e. The molecule has 1 aromatic rings. The van der Waals surface area contributed by atoms with Crippen LogP contribution in [0.5, 0.6) is 0 Å². The first-order chi connectivity index (χ1) is 8.57. The number of anilines is 1. The van der Waals surface area contributed by atoms with Gasteiger partial charge in [0.2, 0.25) is 5.91 Å². The fraction of sp³-hybridized carbons (Fsp3) is 0.462. The Morgan fingerprint density at radius 1 is 1.61 bits per heavy atom. The van der Waals surface area contributed by atoms with Crippen LogP contribution in [0.2, 0.25) is 5.02 Å². The second-order valence-corrected chi connectivity index (χ2v) is 5.93. The molecule has 18 heavy (non-hydrogen) atoms. The van der Waals surface area contributed by atoms with Gasteiger partial charge in [0.1, 0.15) is 0 Å². The van der Waals surface area contributed by atoms with E-state index in [1.807, 2.05) is 6.07 Å². The Balaban J connectivity index is 2.18.